The monoisotopic (exact) mass is 386 g/mol. The van der Waals surface area contributed by atoms with Gasteiger partial charge in [-0.3, -0.25) is 9.68 Å². The Morgan fingerprint density at radius 2 is 0.679 bits per heavy atom. The maximum Gasteiger partial charge on any atom is 0.0907 e. The average Bonchev–Trinajstić information content (AvgIpc) is 2.60. The van der Waals surface area contributed by atoms with Crippen LogP contribution in [0.25, 0.3) is 0 Å². The summed E-state index contributed by atoms with van der Waals surface area (Å²) in [5.41, 5.74) is 0.412. The van der Waals surface area contributed by atoms with E-state index in [4.69, 9.17) is 9.68 Å². The van der Waals surface area contributed by atoms with Gasteiger partial charge in [-0.2, -0.15) is 10.1 Å². The van der Waals surface area contributed by atoms with Crippen LogP contribution in [0.2, 0.25) is 0 Å². The summed E-state index contributed by atoms with van der Waals surface area (Å²) < 4.78 is 0. The summed E-state index contributed by atoms with van der Waals surface area (Å²) in [7, 11) is 0. The molecule has 0 aromatic carbocycles. The van der Waals surface area contributed by atoms with Crippen LogP contribution >= 0.6 is 0 Å². The van der Waals surface area contributed by atoms with Gasteiger partial charge in [-0.25, -0.2) is 0 Å². The molecule has 28 heavy (non-hydrogen) atoms. The minimum Gasteiger partial charge on any atom is -0.292 e. The standard InChI is InChI=1S/C24H38N2O2/c1-2-26(28-24-14-20-8-21(15-24)10-22(9-20)16-24)4-3-25(1)27-23-11-17-5-18(12-23)7-19(6-17)13-23/h17-22H,1-16H2. The maximum absolute atomic E-state index is 6.78. The molecule has 4 heteroatoms. The van der Waals surface area contributed by atoms with Crippen molar-refractivity contribution in [2.75, 3.05) is 26.2 Å². The summed E-state index contributed by atoms with van der Waals surface area (Å²) in [6.07, 6.45) is 17.0. The second kappa shape index (κ2) is 6.18. The minimum atomic E-state index is 0.206. The Morgan fingerprint density at radius 1 is 0.429 bits per heavy atom. The molecule has 1 heterocycles. The fourth-order valence-electron chi connectivity index (χ4n) is 9.69. The Kier molecular flexibility index (Phi) is 3.87. The van der Waals surface area contributed by atoms with Gasteiger partial charge in [0.25, 0.3) is 0 Å². The van der Waals surface area contributed by atoms with E-state index in [1.807, 2.05) is 0 Å². The van der Waals surface area contributed by atoms with Crippen molar-refractivity contribution >= 4 is 0 Å². The molecule has 0 N–H and O–H groups in total. The molecular formula is C24H38N2O2. The van der Waals surface area contributed by atoms with E-state index in [1.165, 1.54) is 77.0 Å². The van der Waals surface area contributed by atoms with Gasteiger partial charge in [0.1, 0.15) is 0 Å². The lowest BCUT2D eigenvalue weighted by atomic mass is 9.54. The Morgan fingerprint density at radius 3 is 0.929 bits per heavy atom. The molecule has 0 aromatic heterocycles. The first kappa shape index (κ1) is 17.5. The second-order valence-electron chi connectivity index (χ2n) is 12.2. The zero-order chi connectivity index (χ0) is 18.3. The van der Waals surface area contributed by atoms with E-state index < -0.39 is 0 Å². The molecule has 8 saturated carbocycles. The Hall–Kier alpha value is -0.160. The Labute approximate surface area is 170 Å². The van der Waals surface area contributed by atoms with E-state index in [0.717, 1.165) is 61.7 Å². The highest BCUT2D eigenvalue weighted by Crippen LogP contribution is 2.58. The lowest BCUT2D eigenvalue weighted by molar-refractivity contribution is -0.338. The number of piperazine rings is 1. The molecule has 0 atom stereocenters. The van der Waals surface area contributed by atoms with Crippen LogP contribution in [0.3, 0.4) is 0 Å². The summed E-state index contributed by atoms with van der Waals surface area (Å²) in [6, 6.07) is 0. The zero-order valence-corrected chi connectivity index (χ0v) is 17.5. The zero-order valence-electron chi connectivity index (χ0n) is 17.5. The maximum atomic E-state index is 6.78. The van der Waals surface area contributed by atoms with Gasteiger partial charge in [0.2, 0.25) is 0 Å². The minimum absolute atomic E-state index is 0.206. The molecule has 1 aliphatic heterocycles. The molecule has 4 nitrogen and oxygen atoms in total. The average molecular weight is 387 g/mol. The summed E-state index contributed by atoms with van der Waals surface area (Å²) in [4.78, 5) is 13.6. The molecule has 0 spiro atoms. The molecule has 9 rings (SSSR count). The molecular weight excluding hydrogens is 348 g/mol. The fourth-order valence-corrected chi connectivity index (χ4v) is 9.69. The van der Waals surface area contributed by atoms with Gasteiger partial charge >= 0.3 is 0 Å². The van der Waals surface area contributed by atoms with Crippen LogP contribution in [0.15, 0.2) is 0 Å². The van der Waals surface area contributed by atoms with Gasteiger partial charge in [0, 0.05) is 26.2 Å². The Balaban J connectivity index is 0.966. The van der Waals surface area contributed by atoms with E-state index in [-0.39, 0.29) is 11.2 Å². The first-order chi connectivity index (χ1) is 13.6. The number of hydroxylamine groups is 4. The molecule has 0 unspecified atom stereocenters. The largest absolute Gasteiger partial charge is 0.292 e. The molecule has 156 valence electrons. The lowest BCUT2D eigenvalue weighted by Gasteiger charge is -2.58. The Bertz CT molecular complexity index is 502. The van der Waals surface area contributed by atoms with Gasteiger partial charge in [0.05, 0.1) is 11.2 Å². The number of nitrogens with zero attached hydrogens (tertiary/aromatic N) is 2. The first-order valence-corrected chi connectivity index (χ1v) is 12.5. The third-order valence-corrected chi connectivity index (χ3v) is 9.81. The van der Waals surface area contributed by atoms with Gasteiger partial charge in [0.15, 0.2) is 0 Å². The van der Waals surface area contributed by atoms with Gasteiger partial charge in [-0.1, -0.05) is 0 Å². The van der Waals surface area contributed by atoms with Crippen molar-refractivity contribution in [3.05, 3.63) is 0 Å². The summed E-state index contributed by atoms with van der Waals surface area (Å²) in [5.74, 6) is 5.79. The highest BCUT2D eigenvalue weighted by molar-refractivity contribution is 5.04. The van der Waals surface area contributed by atoms with E-state index in [1.54, 1.807) is 0 Å². The molecule has 8 bridgehead atoms. The summed E-state index contributed by atoms with van der Waals surface area (Å²) >= 11 is 0. The summed E-state index contributed by atoms with van der Waals surface area (Å²) in [6.45, 7) is 4.09. The van der Waals surface area contributed by atoms with Crippen molar-refractivity contribution in [3.63, 3.8) is 0 Å². The lowest BCUT2D eigenvalue weighted by Crippen LogP contribution is -2.59. The predicted molar refractivity (Wildman–Crippen MR) is 107 cm³/mol. The van der Waals surface area contributed by atoms with Gasteiger partial charge in [-0.05, 0) is 113 Å². The molecule has 1 saturated heterocycles. The second-order valence-corrected chi connectivity index (χ2v) is 12.2. The smallest absolute Gasteiger partial charge is 0.0907 e. The van der Waals surface area contributed by atoms with E-state index >= 15 is 0 Å². The summed E-state index contributed by atoms with van der Waals surface area (Å²) in [5, 5.41) is 4.65. The van der Waals surface area contributed by atoms with Crippen LogP contribution in [0.4, 0.5) is 0 Å². The van der Waals surface area contributed by atoms with Crippen molar-refractivity contribution < 1.29 is 9.68 Å². The van der Waals surface area contributed by atoms with Crippen LogP contribution in [-0.4, -0.2) is 47.5 Å². The van der Waals surface area contributed by atoms with Gasteiger partial charge < -0.3 is 0 Å². The molecule has 9 aliphatic rings. The van der Waals surface area contributed by atoms with Crippen molar-refractivity contribution in [2.45, 2.75) is 88.3 Å². The topological polar surface area (TPSA) is 24.9 Å². The van der Waals surface area contributed by atoms with E-state index in [2.05, 4.69) is 10.1 Å². The van der Waals surface area contributed by atoms with Crippen LogP contribution < -0.4 is 0 Å². The quantitative estimate of drug-likeness (QED) is 0.715. The molecule has 0 radical (unpaired) electrons. The van der Waals surface area contributed by atoms with Crippen molar-refractivity contribution in [2.24, 2.45) is 35.5 Å². The molecule has 9 fully saturated rings. The van der Waals surface area contributed by atoms with E-state index in [0.29, 0.717) is 0 Å². The first-order valence-electron chi connectivity index (χ1n) is 12.5. The molecule has 0 amide bonds. The normalized spacial score (nSPS) is 55.3. The van der Waals surface area contributed by atoms with Crippen molar-refractivity contribution in [3.8, 4) is 0 Å². The van der Waals surface area contributed by atoms with Crippen molar-refractivity contribution in [1.82, 2.24) is 10.1 Å². The van der Waals surface area contributed by atoms with Gasteiger partial charge in [-0.15, -0.1) is 0 Å². The number of hydrogen-bond donors (Lipinski definition) is 0. The third kappa shape index (κ3) is 2.92. The van der Waals surface area contributed by atoms with Crippen LogP contribution in [0, 0.1) is 35.5 Å². The molecule has 8 aliphatic carbocycles. The molecule has 0 aromatic rings. The SMILES string of the molecule is C1C2CC3CC1CC(ON1CCN(OC45CC6CC(CC(C6)C4)C5)CC1)(C2)C3. The third-order valence-electron chi connectivity index (χ3n) is 9.81. The highest BCUT2D eigenvalue weighted by Gasteiger charge is 2.54. The van der Waals surface area contributed by atoms with Crippen LogP contribution in [0.1, 0.15) is 77.0 Å². The fraction of sp³-hybridized carbons (Fsp3) is 1.00. The highest BCUT2D eigenvalue weighted by atomic mass is 16.7. The number of rotatable bonds is 4. The predicted octanol–water partition coefficient (Wildman–Crippen LogP) is 4.40. The van der Waals surface area contributed by atoms with Crippen LogP contribution in [-0.2, 0) is 9.68 Å². The number of hydrogen-bond acceptors (Lipinski definition) is 4. The van der Waals surface area contributed by atoms with E-state index in [9.17, 15) is 0 Å². The van der Waals surface area contributed by atoms with Crippen molar-refractivity contribution in [1.29, 1.82) is 0 Å². The van der Waals surface area contributed by atoms with Crippen LogP contribution in [0.5, 0.6) is 0 Å².